The smallest absolute Gasteiger partial charge is 0.267 e. The van der Waals surface area contributed by atoms with Gasteiger partial charge in [-0.3, -0.25) is 4.79 Å². The van der Waals surface area contributed by atoms with Crippen molar-refractivity contribution in [2.24, 2.45) is 0 Å². The lowest BCUT2D eigenvalue weighted by atomic mass is 10.0. The molecule has 0 N–H and O–H groups in total. The van der Waals surface area contributed by atoms with Gasteiger partial charge in [0.1, 0.15) is 5.75 Å². The lowest BCUT2D eigenvalue weighted by Crippen LogP contribution is -2.39. The van der Waals surface area contributed by atoms with Crippen LogP contribution in [0.1, 0.15) is 18.1 Å². The van der Waals surface area contributed by atoms with Gasteiger partial charge in [0.25, 0.3) is 5.91 Å². The van der Waals surface area contributed by atoms with Crippen LogP contribution < -0.4 is 9.64 Å². The molecule has 3 aromatic rings. The second kappa shape index (κ2) is 7.58. The van der Waals surface area contributed by atoms with Crippen molar-refractivity contribution < 1.29 is 9.53 Å². The first kappa shape index (κ1) is 17.8. The van der Waals surface area contributed by atoms with Crippen LogP contribution in [0.3, 0.4) is 0 Å². The van der Waals surface area contributed by atoms with Gasteiger partial charge in [-0.2, -0.15) is 5.26 Å². The molecule has 1 heterocycles. The quantitative estimate of drug-likeness (QED) is 0.677. The van der Waals surface area contributed by atoms with Crippen LogP contribution in [0.25, 0.3) is 11.1 Å². The molecule has 0 radical (unpaired) electrons. The number of hydrogen-bond donors (Lipinski definition) is 0. The largest absolute Gasteiger partial charge is 0.481 e. The molecular formula is C24H20N2O2. The monoisotopic (exact) mass is 368 g/mol. The van der Waals surface area contributed by atoms with E-state index in [1.807, 2.05) is 59.5 Å². The molecule has 3 aromatic carbocycles. The molecule has 0 saturated heterocycles. The number of ether oxygens (including phenoxy) is 1. The molecule has 0 unspecified atom stereocenters. The summed E-state index contributed by atoms with van der Waals surface area (Å²) >= 11 is 0. The van der Waals surface area contributed by atoms with E-state index in [-0.39, 0.29) is 5.91 Å². The van der Waals surface area contributed by atoms with Gasteiger partial charge >= 0.3 is 0 Å². The number of carbonyl (C=O) groups is 1. The summed E-state index contributed by atoms with van der Waals surface area (Å²) in [4.78, 5) is 14.6. The van der Waals surface area contributed by atoms with Gasteiger partial charge in [0.2, 0.25) is 0 Å². The van der Waals surface area contributed by atoms with Gasteiger partial charge in [-0.05, 0) is 60.4 Å². The third-order valence-electron chi connectivity index (χ3n) is 5.02. The third kappa shape index (κ3) is 3.47. The zero-order valence-electron chi connectivity index (χ0n) is 15.6. The number of anilines is 1. The van der Waals surface area contributed by atoms with E-state index in [0.29, 0.717) is 17.9 Å². The summed E-state index contributed by atoms with van der Waals surface area (Å²) in [7, 11) is 0. The van der Waals surface area contributed by atoms with Crippen molar-refractivity contribution in [3.8, 4) is 22.9 Å². The molecule has 0 bridgehead atoms. The maximum absolute atomic E-state index is 12.8. The first-order valence-corrected chi connectivity index (χ1v) is 9.32. The highest BCUT2D eigenvalue weighted by molar-refractivity contribution is 5.98. The van der Waals surface area contributed by atoms with Crippen LogP contribution in [0.15, 0.2) is 72.8 Å². The van der Waals surface area contributed by atoms with Gasteiger partial charge < -0.3 is 9.64 Å². The molecule has 1 atom stereocenters. The Hall–Kier alpha value is -3.58. The van der Waals surface area contributed by atoms with Crippen molar-refractivity contribution in [2.75, 3.05) is 11.4 Å². The van der Waals surface area contributed by atoms with Gasteiger partial charge in [0.05, 0.1) is 11.6 Å². The number of rotatable bonds is 4. The van der Waals surface area contributed by atoms with Crippen LogP contribution in [0.2, 0.25) is 0 Å². The maximum atomic E-state index is 12.8. The minimum Gasteiger partial charge on any atom is -0.481 e. The topological polar surface area (TPSA) is 53.3 Å². The molecule has 1 amide bonds. The van der Waals surface area contributed by atoms with E-state index >= 15 is 0 Å². The zero-order valence-corrected chi connectivity index (χ0v) is 15.6. The molecular weight excluding hydrogens is 348 g/mol. The second-order valence-corrected chi connectivity index (χ2v) is 6.84. The van der Waals surface area contributed by atoms with Crippen molar-refractivity contribution >= 4 is 11.6 Å². The normalized spacial score (nSPS) is 13.5. The van der Waals surface area contributed by atoms with Gasteiger partial charge in [0.15, 0.2) is 6.10 Å². The Balaban J connectivity index is 1.44. The highest BCUT2D eigenvalue weighted by Gasteiger charge is 2.28. The summed E-state index contributed by atoms with van der Waals surface area (Å²) in [6, 6.07) is 25.2. The molecule has 0 aromatic heterocycles. The summed E-state index contributed by atoms with van der Waals surface area (Å²) in [5.41, 5.74) is 4.89. The number of nitrogens with zero attached hydrogens (tertiary/aromatic N) is 2. The van der Waals surface area contributed by atoms with E-state index < -0.39 is 6.10 Å². The summed E-state index contributed by atoms with van der Waals surface area (Å²) in [5.74, 6) is 0.631. The van der Waals surface area contributed by atoms with Gasteiger partial charge in [0, 0.05) is 12.2 Å². The molecule has 0 fully saturated rings. The molecule has 28 heavy (non-hydrogen) atoms. The first-order chi connectivity index (χ1) is 13.7. The van der Waals surface area contributed by atoms with Crippen LogP contribution >= 0.6 is 0 Å². The summed E-state index contributed by atoms with van der Waals surface area (Å²) in [6.45, 7) is 2.49. The molecule has 0 saturated carbocycles. The Morgan fingerprint density at radius 2 is 1.64 bits per heavy atom. The number of benzene rings is 3. The Morgan fingerprint density at radius 1 is 1.00 bits per heavy atom. The van der Waals surface area contributed by atoms with E-state index in [1.54, 1.807) is 19.1 Å². The molecule has 4 rings (SSSR count). The Morgan fingerprint density at radius 3 is 2.32 bits per heavy atom. The van der Waals surface area contributed by atoms with Crippen LogP contribution in [-0.2, 0) is 11.2 Å². The zero-order chi connectivity index (χ0) is 19.5. The third-order valence-corrected chi connectivity index (χ3v) is 5.02. The molecule has 4 heteroatoms. The molecule has 4 nitrogen and oxygen atoms in total. The number of carbonyl (C=O) groups excluding carboxylic acids is 1. The Labute approximate surface area is 164 Å². The number of amides is 1. The van der Waals surface area contributed by atoms with E-state index in [1.165, 1.54) is 5.56 Å². The fourth-order valence-corrected chi connectivity index (χ4v) is 3.50. The van der Waals surface area contributed by atoms with Crippen molar-refractivity contribution in [1.29, 1.82) is 5.26 Å². The number of nitriles is 1. The fourth-order valence-electron chi connectivity index (χ4n) is 3.50. The van der Waals surface area contributed by atoms with E-state index in [0.717, 1.165) is 23.2 Å². The average molecular weight is 368 g/mol. The predicted octanol–water partition coefficient (Wildman–Crippen LogP) is 4.58. The van der Waals surface area contributed by atoms with Crippen LogP contribution in [0.4, 0.5) is 5.69 Å². The highest BCUT2D eigenvalue weighted by Crippen LogP contribution is 2.29. The van der Waals surface area contributed by atoms with E-state index in [4.69, 9.17) is 10.00 Å². The maximum Gasteiger partial charge on any atom is 0.267 e. The number of para-hydroxylation sites is 1. The number of hydrogen-bond acceptors (Lipinski definition) is 3. The van der Waals surface area contributed by atoms with Crippen LogP contribution in [0, 0.1) is 11.3 Å². The van der Waals surface area contributed by atoms with Gasteiger partial charge in [-0.1, -0.05) is 42.5 Å². The Kier molecular flexibility index (Phi) is 4.82. The lowest BCUT2D eigenvalue weighted by Gasteiger charge is -2.22. The second-order valence-electron chi connectivity index (χ2n) is 6.84. The Bertz CT molecular complexity index is 1030. The minimum atomic E-state index is -0.563. The van der Waals surface area contributed by atoms with Crippen molar-refractivity contribution in [3.05, 3.63) is 83.9 Å². The standard InChI is InChI=1S/C24H20N2O2/c1-17(24(27)26-15-14-21-4-2-3-5-23(21)26)28-22-12-10-20(11-13-22)19-8-6-18(16-25)7-9-19/h2-13,17H,14-15H2,1H3/t17-/m0/s1. The SMILES string of the molecule is C[C@H](Oc1ccc(-c2ccc(C#N)cc2)cc1)C(=O)N1CCc2ccccc21. The molecule has 0 aliphatic carbocycles. The van der Waals surface area contributed by atoms with Crippen LogP contribution in [0.5, 0.6) is 5.75 Å². The van der Waals surface area contributed by atoms with Crippen molar-refractivity contribution in [1.82, 2.24) is 0 Å². The van der Waals surface area contributed by atoms with Crippen molar-refractivity contribution in [2.45, 2.75) is 19.4 Å². The average Bonchev–Trinajstić information content (AvgIpc) is 3.18. The lowest BCUT2D eigenvalue weighted by molar-refractivity contribution is -0.124. The van der Waals surface area contributed by atoms with E-state index in [2.05, 4.69) is 12.1 Å². The first-order valence-electron chi connectivity index (χ1n) is 9.32. The van der Waals surface area contributed by atoms with E-state index in [9.17, 15) is 4.79 Å². The summed E-state index contributed by atoms with van der Waals surface area (Å²) in [5, 5.41) is 8.90. The summed E-state index contributed by atoms with van der Waals surface area (Å²) in [6.07, 6.45) is 0.320. The van der Waals surface area contributed by atoms with Crippen LogP contribution in [-0.4, -0.2) is 18.6 Å². The molecule has 138 valence electrons. The predicted molar refractivity (Wildman–Crippen MR) is 109 cm³/mol. The molecule has 0 spiro atoms. The summed E-state index contributed by atoms with van der Waals surface area (Å²) < 4.78 is 5.90. The number of fused-ring (bicyclic) bond motifs is 1. The molecule has 1 aliphatic heterocycles. The minimum absolute atomic E-state index is 0.0267. The molecule has 1 aliphatic rings. The van der Waals surface area contributed by atoms with Crippen molar-refractivity contribution in [3.63, 3.8) is 0 Å². The van der Waals surface area contributed by atoms with Gasteiger partial charge in [-0.25, -0.2) is 0 Å². The van der Waals surface area contributed by atoms with Gasteiger partial charge in [-0.15, -0.1) is 0 Å². The highest BCUT2D eigenvalue weighted by atomic mass is 16.5. The fraction of sp³-hybridized carbons (Fsp3) is 0.167.